The number of carboxylic acid groups (broad SMARTS) is 1. The lowest BCUT2D eigenvalue weighted by atomic mass is 9.90. The summed E-state index contributed by atoms with van der Waals surface area (Å²) in [5.74, 6) is -0.0744. The Bertz CT molecular complexity index is 232. The summed E-state index contributed by atoms with van der Waals surface area (Å²) in [6, 6.07) is 0. The van der Waals surface area contributed by atoms with Crippen LogP contribution in [0.15, 0.2) is 11.6 Å². The lowest BCUT2D eigenvalue weighted by molar-refractivity contribution is -0.138. The molecule has 0 aliphatic heterocycles. The lowest BCUT2D eigenvalue weighted by Gasteiger charge is -2.17. The predicted octanol–water partition coefficient (Wildman–Crippen LogP) is 2.81. The number of carbonyl (C=O) groups is 1. The van der Waals surface area contributed by atoms with Crippen molar-refractivity contribution in [3.05, 3.63) is 11.6 Å². The average molecular weight is 227 g/mol. The van der Waals surface area contributed by atoms with Crippen molar-refractivity contribution >= 4 is 5.97 Å². The molecule has 0 aliphatic carbocycles. The fourth-order valence-corrected chi connectivity index (χ4v) is 1.85. The van der Waals surface area contributed by atoms with Crippen molar-refractivity contribution in [2.45, 2.75) is 46.5 Å². The number of hydrogen-bond donors (Lipinski definition) is 2. The van der Waals surface area contributed by atoms with E-state index in [1.165, 1.54) is 5.57 Å². The van der Waals surface area contributed by atoms with Crippen molar-refractivity contribution in [1.82, 2.24) is 0 Å². The largest absolute Gasteiger partial charge is 0.481 e. The van der Waals surface area contributed by atoms with E-state index in [1.807, 2.05) is 0 Å². The van der Waals surface area contributed by atoms with Crippen molar-refractivity contribution < 1.29 is 9.90 Å². The first-order chi connectivity index (χ1) is 7.45. The van der Waals surface area contributed by atoms with Gasteiger partial charge in [-0.25, -0.2) is 0 Å². The summed E-state index contributed by atoms with van der Waals surface area (Å²) in [5.41, 5.74) is 6.91. The molecule has 3 heteroatoms. The molecule has 0 saturated carbocycles. The van der Waals surface area contributed by atoms with Gasteiger partial charge in [0.25, 0.3) is 0 Å². The number of carboxylic acids is 1. The third-order valence-corrected chi connectivity index (χ3v) is 2.74. The van der Waals surface area contributed by atoms with Crippen molar-refractivity contribution in [1.29, 1.82) is 0 Å². The summed E-state index contributed by atoms with van der Waals surface area (Å²) >= 11 is 0. The van der Waals surface area contributed by atoms with E-state index in [0.29, 0.717) is 12.5 Å². The molecule has 94 valence electrons. The van der Waals surface area contributed by atoms with Crippen LogP contribution < -0.4 is 5.73 Å². The fraction of sp³-hybridized carbons (Fsp3) is 0.769. The van der Waals surface area contributed by atoms with Gasteiger partial charge in [0.2, 0.25) is 0 Å². The highest BCUT2D eigenvalue weighted by Gasteiger charge is 2.14. The molecule has 16 heavy (non-hydrogen) atoms. The molecule has 0 fully saturated rings. The van der Waals surface area contributed by atoms with Crippen LogP contribution in [0.2, 0.25) is 0 Å². The second kappa shape index (κ2) is 8.34. The maximum atomic E-state index is 10.6. The summed E-state index contributed by atoms with van der Waals surface area (Å²) < 4.78 is 0. The van der Waals surface area contributed by atoms with E-state index in [-0.39, 0.29) is 12.3 Å². The molecule has 0 radical (unpaired) electrons. The Morgan fingerprint density at radius 1 is 1.44 bits per heavy atom. The van der Waals surface area contributed by atoms with Gasteiger partial charge < -0.3 is 10.8 Å². The molecular formula is C13H25NO2. The number of hydrogen-bond acceptors (Lipinski definition) is 2. The first kappa shape index (κ1) is 15.2. The quantitative estimate of drug-likeness (QED) is 0.627. The third-order valence-electron chi connectivity index (χ3n) is 2.74. The molecule has 3 N–H and O–H groups in total. The zero-order valence-corrected chi connectivity index (χ0v) is 10.7. The summed E-state index contributed by atoms with van der Waals surface area (Å²) in [5, 5.41) is 8.71. The first-order valence-electron chi connectivity index (χ1n) is 6.01. The van der Waals surface area contributed by atoms with Crippen LogP contribution in [0.5, 0.6) is 0 Å². The second-order valence-corrected chi connectivity index (χ2v) is 4.90. The highest BCUT2D eigenvalue weighted by molar-refractivity contribution is 5.67. The highest BCUT2D eigenvalue weighted by Crippen LogP contribution is 2.19. The summed E-state index contributed by atoms with van der Waals surface area (Å²) in [7, 11) is 0. The van der Waals surface area contributed by atoms with Crippen LogP contribution in [0, 0.1) is 11.8 Å². The van der Waals surface area contributed by atoms with Crippen molar-refractivity contribution in [3.8, 4) is 0 Å². The van der Waals surface area contributed by atoms with Gasteiger partial charge in [0, 0.05) is 6.42 Å². The zero-order valence-electron chi connectivity index (χ0n) is 10.7. The Labute approximate surface area is 98.7 Å². The van der Waals surface area contributed by atoms with E-state index in [0.717, 1.165) is 19.3 Å². The minimum absolute atomic E-state index is 0.124. The van der Waals surface area contributed by atoms with Crippen LogP contribution in [0.25, 0.3) is 0 Å². The van der Waals surface area contributed by atoms with E-state index in [4.69, 9.17) is 10.8 Å². The molecule has 0 rings (SSSR count). The van der Waals surface area contributed by atoms with Crippen molar-refractivity contribution in [3.63, 3.8) is 0 Å². The molecule has 3 nitrogen and oxygen atoms in total. The number of aliphatic carboxylic acids is 1. The van der Waals surface area contributed by atoms with Gasteiger partial charge >= 0.3 is 5.97 Å². The van der Waals surface area contributed by atoms with E-state index in [2.05, 4.69) is 26.8 Å². The molecule has 0 amide bonds. The van der Waals surface area contributed by atoms with Crippen LogP contribution in [-0.2, 0) is 4.79 Å². The Morgan fingerprint density at radius 2 is 2.06 bits per heavy atom. The lowest BCUT2D eigenvalue weighted by Crippen LogP contribution is -2.20. The molecule has 0 aromatic carbocycles. The molecular weight excluding hydrogens is 202 g/mol. The molecule has 0 aromatic rings. The van der Waals surface area contributed by atoms with Gasteiger partial charge in [0.05, 0.1) is 0 Å². The third kappa shape index (κ3) is 8.48. The van der Waals surface area contributed by atoms with Gasteiger partial charge in [0.1, 0.15) is 0 Å². The van der Waals surface area contributed by atoms with Crippen molar-refractivity contribution in [2.24, 2.45) is 17.6 Å². The molecule has 0 heterocycles. The highest BCUT2D eigenvalue weighted by atomic mass is 16.4. The second-order valence-electron chi connectivity index (χ2n) is 4.90. The van der Waals surface area contributed by atoms with Crippen LogP contribution in [0.3, 0.4) is 0 Å². The standard InChI is InChI=1S/C13H25NO2/c1-10(2)5-4-6-11(3)7-12(9-14)8-13(15)16/h5,11-12H,4,6-9,14H2,1-3H3,(H,15,16)/t11-,12?/m0/s1. The molecule has 0 bridgehead atoms. The Morgan fingerprint density at radius 3 is 2.50 bits per heavy atom. The Hall–Kier alpha value is -0.830. The molecule has 1 unspecified atom stereocenters. The van der Waals surface area contributed by atoms with E-state index in [9.17, 15) is 4.79 Å². The maximum Gasteiger partial charge on any atom is 0.303 e. The number of allylic oxidation sites excluding steroid dienone is 2. The molecule has 0 aromatic heterocycles. The zero-order chi connectivity index (χ0) is 12.6. The summed E-state index contributed by atoms with van der Waals surface area (Å²) in [6.45, 7) is 6.83. The van der Waals surface area contributed by atoms with E-state index in [1.54, 1.807) is 0 Å². The maximum absolute atomic E-state index is 10.6. The Balaban J connectivity index is 3.86. The van der Waals surface area contributed by atoms with Gasteiger partial charge in [-0.1, -0.05) is 18.6 Å². The van der Waals surface area contributed by atoms with Gasteiger partial charge in [-0.3, -0.25) is 4.79 Å². The van der Waals surface area contributed by atoms with E-state index < -0.39 is 5.97 Å². The normalized spacial score (nSPS) is 14.2. The van der Waals surface area contributed by atoms with Gasteiger partial charge in [-0.15, -0.1) is 0 Å². The van der Waals surface area contributed by atoms with Gasteiger partial charge in [-0.05, 0) is 51.5 Å². The summed E-state index contributed by atoms with van der Waals surface area (Å²) in [4.78, 5) is 10.6. The SMILES string of the molecule is CC(C)=CCC[C@H](C)CC(CN)CC(=O)O. The molecule has 0 saturated heterocycles. The van der Waals surface area contributed by atoms with Crippen LogP contribution in [0.4, 0.5) is 0 Å². The average Bonchev–Trinajstić information content (AvgIpc) is 2.15. The van der Waals surface area contributed by atoms with Crippen LogP contribution >= 0.6 is 0 Å². The molecule has 0 spiro atoms. The Kier molecular flexibility index (Phi) is 7.90. The van der Waals surface area contributed by atoms with Crippen molar-refractivity contribution in [2.75, 3.05) is 6.54 Å². The molecule has 2 atom stereocenters. The van der Waals surface area contributed by atoms with E-state index >= 15 is 0 Å². The van der Waals surface area contributed by atoms with Crippen LogP contribution in [0.1, 0.15) is 46.5 Å². The summed E-state index contributed by atoms with van der Waals surface area (Å²) in [6.07, 6.45) is 5.53. The van der Waals surface area contributed by atoms with Crippen LogP contribution in [-0.4, -0.2) is 17.6 Å². The number of rotatable bonds is 8. The van der Waals surface area contributed by atoms with Gasteiger partial charge in [-0.2, -0.15) is 0 Å². The monoisotopic (exact) mass is 227 g/mol. The minimum Gasteiger partial charge on any atom is -0.481 e. The minimum atomic E-state index is -0.744. The molecule has 0 aliphatic rings. The predicted molar refractivity (Wildman–Crippen MR) is 67.2 cm³/mol. The van der Waals surface area contributed by atoms with Gasteiger partial charge in [0.15, 0.2) is 0 Å². The fourth-order valence-electron chi connectivity index (χ4n) is 1.85. The smallest absolute Gasteiger partial charge is 0.303 e. The number of nitrogens with two attached hydrogens (primary N) is 1. The topological polar surface area (TPSA) is 63.3 Å². The first-order valence-corrected chi connectivity index (χ1v) is 6.01.